The summed E-state index contributed by atoms with van der Waals surface area (Å²) in [7, 11) is 3.10. The molecule has 1 heterocycles. The van der Waals surface area contributed by atoms with E-state index in [1.54, 1.807) is 7.05 Å². The number of hydrogen-bond donors (Lipinski definition) is 2. The standard InChI is InChI=1S/C9H13F3N4OS/c1-13-7-6(17-2)8(16-5-15-7)14-3-4-18-9(10,11)12/h5H,3-4H2,1-2H3,(H2,13,14,15,16). The maximum absolute atomic E-state index is 11.9. The number of thioether (sulfide) groups is 1. The summed E-state index contributed by atoms with van der Waals surface area (Å²) >= 11 is -0.0861. The van der Waals surface area contributed by atoms with Crippen LogP contribution >= 0.6 is 11.8 Å². The van der Waals surface area contributed by atoms with Crippen molar-refractivity contribution in [1.29, 1.82) is 0 Å². The van der Waals surface area contributed by atoms with Crippen LogP contribution in [0.5, 0.6) is 5.75 Å². The van der Waals surface area contributed by atoms with E-state index in [0.29, 0.717) is 17.4 Å². The molecule has 0 bridgehead atoms. The van der Waals surface area contributed by atoms with Crippen molar-refractivity contribution in [1.82, 2.24) is 9.97 Å². The Morgan fingerprint density at radius 2 is 2.00 bits per heavy atom. The second-order valence-electron chi connectivity index (χ2n) is 3.08. The maximum atomic E-state index is 11.9. The molecule has 18 heavy (non-hydrogen) atoms. The quantitative estimate of drug-likeness (QED) is 0.780. The van der Waals surface area contributed by atoms with E-state index < -0.39 is 5.51 Å². The molecule has 102 valence electrons. The van der Waals surface area contributed by atoms with Gasteiger partial charge in [-0.05, 0) is 11.8 Å². The minimum absolute atomic E-state index is 0.0861. The molecule has 0 radical (unpaired) electrons. The predicted molar refractivity (Wildman–Crippen MR) is 65.1 cm³/mol. The Kier molecular flexibility index (Phi) is 5.32. The van der Waals surface area contributed by atoms with Crippen LogP contribution in [0.4, 0.5) is 24.8 Å². The predicted octanol–water partition coefficient (Wildman–Crippen LogP) is 2.19. The first-order valence-electron chi connectivity index (χ1n) is 4.99. The number of ether oxygens (including phenoxy) is 1. The van der Waals surface area contributed by atoms with Crippen LogP contribution in [0.25, 0.3) is 0 Å². The highest BCUT2D eigenvalue weighted by atomic mass is 32.2. The third-order valence-electron chi connectivity index (χ3n) is 1.90. The van der Waals surface area contributed by atoms with Gasteiger partial charge in [-0.2, -0.15) is 13.2 Å². The number of rotatable bonds is 6. The van der Waals surface area contributed by atoms with Gasteiger partial charge in [0.25, 0.3) is 0 Å². The Balaban J connectivity index is 2.57. The smallest absolute Gasteiger partial charge is 0.441 e. The highest BCUT2D eigenvalue weighted by Gasteiger charge is 2.27. The molecular weight excluding hydrogens is 269 g/mol. The van der Waals surface area contributed by atoms with Gasteiger partial charge in [-0.3, -0.25) is 0 Å². The molecule has 0 aliphatic carbocycles. The Morgan fingerprint density at radius 1 is 1.33 bits per heavy atom. The lowest BCUT2D eigenvalue weighted by Gasteiger charge is -2.12. The summed E-state index contributed by atoms with van der Waals surface area (Å²) in [6, 6.07) is 0. The lowest BCUT2D eigenvalue weighted by molar-refractivity contribution is -0.0327. The Hall–Kier alpha value is -1.38. The average Bonchev–Trinajstić information content (AvgIpc) is 2.32. The van der Waals surface area contributed by atoms with E-state index in [-0.39, 0.29) is 24.1 Å². The van der Waals surface area contributed by atoms with E-state index >= 15 is 0 Å². The molecule has 0 aliphatic heterocycles. The van der Waals surface area contributed by atoms with Gasteiger partial charge in [0.05, 0.1) is 7.11 Å². The Labute approximate surface area is 107 Å². The molecule has 5 nitrogen and oxygen atoms in total. The zero-order valence-corrected chi connectivity index (χ0v) is 10.7. The average molecular weight is 282 g/mol. The van der Waals surface area contributed by atoms with Crippen molar-refractivity contribution in [2.24, 2.45) is 0 Å². The fourth-order valence-electron chi connectivity index (χ4n) is 1.21. The third kappa shape index (κ3) is 4.47. The van der Waals surface area contributed by atoms with Crippen LogP contribution in [-0.2, 0) is 0 Å². The van der Waals surface area contributed by atoms with Gasteiger partial charge < -0.3 is 15.4 Å². The summed E-state index contributed by atoms with van der Waals surface area (Å²) < 4.78 is 40.8. The number of halogens is 3. The van der Waals surface area contributed by atoms with Gasteiger partial charge in [-0.25, -0.2) is 9.97 Å². The summed E-state index contributed by atoms with van der Waals surface area (Å²) in [6.45, 7) is 0.126. The van der Waals surface area contributed by atoms with Gasteiger partial charge in [0.1, 0.15) is 6.33 Å². The lowest BCUT2D eigenvalue weighted by atomic mass is 10.4. The van der Waals surface area contributed by atoms with Gasteiger partial charge in [0.2, 0.25) is 5.75 Å². The molecule has 2 N–H and O–H groups in total. The summed E-state index contributed by atoms with van der Waals surface area (Å²) in [5.41, 5.74) is -4.21. The molecule has 0 spiro atoms. The van der Waals surface area contributed by atoms with Crippen molar-refractivity contribution in [3.63, 3.8) is 0 Å². The van der Waals surface area contributed by atoms with Crippen LogP contribution in [0, 0.1) is 0 Å². The molecule has 0 aliphatic rings. The van der Waals surface area contributed by atoms with Crippen molar-refractivity contribution in [3.05, 3.63) is 6.33 Å². The van der Waals surface area contributed by atoms with Crippen molar-refractivity contribution < 1.29 is 17.9 Å². The Morgan fingerprint density at radius 3 is 2.56 bits per heavy atom. The minimum Gasteiger partial charge on any atom is -0.490 e. The number of anilines is 2. The first kappa shape index (κ1) is 14.7. The van der Waals surface area contributed by atoms with Crippen molar-refractivity contribution in [2.45, 2.75) is 5.51 Å². The van der Waals surface area contributed by atoms with Crippen LogP contribution in [-0.4, -0.2) is 41.9 Å². The summed E-state index contributed by atoms with van der Waals surface area (Å²) in [5.74, 6) is 1.10. The summed E-state index contributed by atoms with van der Waals surface area (Å²) in [4.78, 5) is 7.84. The number of hydrogen-bond acceptors (Lipinski definition) is 6. The van der Waals surface area contributed by atoms with Gasteiger partial charge in [0, 0.05) is 19.3 Å². The molecule has 9 heteroatoms. The molecule has 0 fully saturated rings. The van der Waals surface area contributed by atoms with E-state index in [4.69, 9.17) is 4.74 Å². The van der Waals surface area contributed by atoms with Crippen LogP contribution in [0.15, 0.2) is 6.33 Å². The van der Waals surface area contributed by atoms with Crippen LogP contribution in [0.2, 0.25) is 0 Å². The number of nitrogens with one attached hydrogen (secondary N) is 2. The molecule has 0 unspecified atom stereocenters. The molecule has 0 saturated heterocycles. The molecule has 1 aromatic rings. The summed E-state index contributed by atoms with van der Waals surface area (Å²) in [5, 5.41) is 5.57. The molecule has 1 aromatic heterocycles. The number of methoxy groups -OCH3 is 1. The molecule has 0 aromatic carbocycles. The molecule has 0 saturated carbocycles. The number of nitrogens with zero attached hydrogens (tertiary/aromatic N) is 2. The zero-order valence-electron chi connectivity index (χ0n) is 9.84. The fraction of sp³-hybridized carbons (Fsp3) is 0.556. The van der Waals surface area contributed by atoms with E-state index in [0.717, 1.165) is 0 Å². The monoisotopic (exact) mass is 282 g/mol. The second-order valence-corrected chi connectivity index (χ2v) is 4.23. The normalized spacial score (nSPS) is 11.2. The first-order valence-corrected chi connectivity index (χ1v) is 5.97. The Bertz CT molecular complexity index is 389. The van der Waals surface area contributed by atoms with Gasteiger partial charge in [-0.15, -0.1) is 0 Å². The highest BCUT2D eigenvalue weighted by Crippen LogP contribution is 2.31. The number of aromatic nitrogens is 2. The largest absolute Gasteiger partial charge is 0.490 e. The van der Waals surface area contributed by atoms with Crippen molar-refractivity contribution in [2.75, 3.05) is 37.1 Å². The van der Waals surface area contributed by atoms with E-state index in [1.165, 1.54) is 13.4 Å². The second kappa shape index (κ2) is 6.53. The molecular formula is C9H13F3N4OS. The van der Waals surface area contributed by atoms with Crippen LogP contribution < -0.4 is 15.4 Å². The minimum atomic E-state index is -4.21. The third-order valence-corrected chi connectivity index (χ3v) is 2.64. The topological polar surface area (TPSA) is 59.1 Å². The zero-order chi connectivity index (χ0) is 13.6. The number of alkyl halides is 3. The van der Waals surface area contributed by atoms with E-state index in [2.05, 4.69) is 20.6 Å². The summed E-state index contributed by atoms with van der Waals surface area (Å²) in [6.07, 6.45) is 1.30. The van der Waals surface area contributed by atoms with Gasteiger partial charge in [0.15, 0.2) is 11.6 Å². The SMILES string of the molecule is CNc1ncnc(NCCSC(F)(F)F)c1OC. The highest BCUT2D eigenvalue weighted by molar-refractivity contribution is 8.00. The van der Waals surface area contributed by atoms with Gasteiger partial charge >= 0.3 is 5.51 Å². The molecule has 1 rings (SSSR count). The van der Waals surface area contributed by atoms with E-state index in [1.807, 2.05) is 0 Å². The maximum Gasteiger partial charge on any atom is 0.441 e. The van der Waals surface area contributed by atoms with Gasteiger partial charge in [-0.1, -0.05) is 0 Å². The van der Waals surface area contributed by atoms with Crippen molar-refractivity contribution >= 4 is 23.4 Å². The van der Waals surface area contributed by atoms with Crippen LogP contribution in [0.3, 0.4) is 0 Å². The first-order chi connectivity index (χ1) is 8.48. The van der Waals surface area contributed by atoms with E-state index in [9.17, 15) is 13.2 Å². The fourth-order valence-corrected chi connectivity index (χ4v) is 1.64. The lowest BCUT2D eigenvalue weighted by Crippen LogP contribution is -2.12. The molecule has 0 amide bonds. The van der Waals surface area contributed by atoms with Crippen molar-refractivity contribution in [3.8, 4) is 5.75 Å². The molecule has 0 atom stereocenters. The van der Waals surface area contributed by atoms with Crippen LogP contribution in [0.1, 0.15) is 0 Å².